The van der Waals surface area contributed by atoms with E-state index in [1.807, 2.05) is 0 Å². The van der Waals surface area contributed by atoms with Crippen LogP contribution in [0.15, 0.2) is 0 Å². The summed E-state index contributed by atoms with van der Waals surface area (Å²) < 4.78 is 64.1. The van der Waals surface area contributed by atoms with Crippen LogP contribution < -0.4 is 5.32 Å². The van der Waals surface area contributed by atoms with Crippen LogP contribution in [0, 0.1) is 71.0 Å². The van der Waals surface area contributed by atoms with E-state index in [-0.39, 0.29) is 48.1 Å². The van der Waals surface area contributed by atoms with Crippen LogP contribution >= 0.6 is 15.2 Å². The molecule has 5 aliphatic rings. The summed E-state index contributed by atoms with van der Waals surface area (Å²) in [6.07, 6.45) is 14.1. The van der Waals surface area contributed by atoms with Crippen molar-refractivity contribution in [2.24, 2.45) is 71.0 Å². The van der Waals surface area contributed by atoms with Crippen molar-refractivity contribution in [1.29, 1.82) is 0 Å². The van der Waals surface area contributed by atoms with Crippen molar-refractivity contribution in [2.75, 3.05) is 6.54 Å². The fourth-order valence-electron chi connectivity index (χ4n) is 11.7. The van der Waals surface area contributed by atoms with Crippen LogP contribution in [0.1, 0.15) is 186 Å². The molecular weight excluding hydrogens is 724 g/mol. The molecule has 55 heavy (non-hydrogen) atoms. The Labute approximate surface area is 339 Å². The van der Waals surface area contributed by atoms with E-state index in [1.165, 1.54) is 0 Å². The molecule has 0 aromatic rings. The minimum absolute atomic E-state index is 0.248. The molecule has 0 aromatic heterocycles. The normalized spacial score (nSPS) is 42.0. The fraction of sp³-hybridized carbons (Fsp3) is 1.00. The van der Waals surface area contributed by atoms with Crippen LogP contribution in [0.25, 0.3) is 0 Å². The highest BCUT2D eigenvalue weighted by Crippen LogP contribution is 2.81. The lowest BCUT2D eigenvalue weighted by Crippen LogP contribution is -2.51. The average molecular weight is 812 g/mol. The van der Waals surface area contributed by atoms with Gasteiger partial charge in [-0.3, -0.25) is 14.4 Å². The van der Waals surface area contributed by atoms with Gasteiger partial charge in [-0.1, -0.05) is 122 Å². The summed E-state index contributed by atoms with van der Waals surface area (Å²) >= 11 is 0. The zero-order chi connectivity index (χ0) is 40.3. The molecule has 0 bridgehead atoms. The number of nitrogens with one attached hydrogen (secondary N) is 1. The molecule has 1 heterocycles. The average Bonchev–Trinajstić information content (AvgIpc) is 3.36. The van der Waals surface area contributed by atoms with E-state index in [9.17, 15) is 0 Å². The maximum atomic E-state index is 17.2. The highest BCUT2D eigenvalue weighted by atomic mass is 31.2. The Hall–Kier alpha value is 0.260. The highest BCUT2D eigenvalue weighted by Gasteiger charge is 2.68. The molecule has 1 N–H and O–H groups in total. The van der Waals surface area contributed by atoms with E-state index in [1.54, 1.807) is 0 Å². The quantitative estimate of drug-likeness (QED) is 0.175. The van der Waals surface area contributed by atoms with Crippen molar-refractivity contribution >= 4 is 15.2 Å². The van der Waals surface area contributed by atoms with Gasteiger partial charge in [0.1, 0.15) is 0 Å². The molecule has 0 radical (unpaired) electrons. The van der Waals surface area contributed by atoms with Gasteiger partial charge in [0.15, 0.2) is 0 Å². The second-order valence-corrected chi connectivity index (χ2v) is 26.1. The van der Waals surface area contributed by atoms with Crippen molar-refractivity contribution in [3.05, 3.63) is 0 Å². The van der Waals surface area contributed by atoms with Gasteiger partial charge in [0.05, 0.1) is 24.4 Å². The molecule has 1 saturated heterocycles. The Bertz CT molecular complexity index is 1120. The highest BCUT2D eigenvalue weighted by molar-refractivity contribution is 7.74. The third-order valence-electron chi connectivity index (χ3n) is 15.5. The van der Waals surface area contributed by atoms with Crippen molar-refractivity contribution in [1.82, 2.24) is 5.32 Å². The van der Waals surface area contributed by atoms with Gasteiger partial charge in [0, 0.05) is 0 Å². The fourth-order valence-corrected chi connectivity index (χ4v) is 18.2. The van der Waals surface area contributed by atoms with Gasteiger partial charge in [-0.05, 0) is 142 Å². The van der Waals surface area contributed by atoms with E-state index in [2.05, 4.69) is 88.4 Å². The maximum absolute atomic E-state index is 17.2. The van der Waals surface area contributed by atoms with Crippen LogP contribution in [0.4, 0.5) is 0 Å². The molecule has 7 nitrogen and oxygen atoms in total. The third-order valence-corrected chi connectivity index (χ3v) is 21.7. The van der Waals surface area contributed by atoms with Crippen LogP contribution in [-0.2, 0) is 27.2 Å². The van der Waals surface area contributed by atoms with E-state index < -0.39 is 20.2 Å². The van der Waals surface area contributed by atoms with E-state index >= 15 is 9.13 Å². The summed E-state index contributed by atoms with van der Waals surface area (Å²) in [6, 6.07) is 0. The van der Waals surface area contributed by atoms with Crippen molar-refractivity contribution in [3.8, 4) is 0 Å². The smallest absolute Gasteiger partial charge is 0.303 e. The van der Waals surface area contributed by atoms with Crippen molar-refractivity contribution in [3.63, 3.8) is 0 Å². The van der Waals surface area contributed by atoms with E-state index in [0.29, 0.717) is 60.3 Å². The monoisotopic (exact) mass is 812 g/mol. The van der Waals surface area contributed by atoms with Crippen LogP contribution in [0.5, 0.6) is 0 Å². The lowest BCUT2D eigenvalue weighted by Gasteiger charge is -2.51. The first-order valence-corrected chi connectivity index (χ1v) is 26.7. The van der Waals surface area contributed by atoms with Crippen LogP contribution in [0.3, 0.4) is 0 Å². The standard InChI is InChI=1S/C46H87NO6P2/c1-30(2)38-20-16-34(9)26-42(38)50-54(48,51-43-27-35(10)17-21-39(43)31(3)4)46(24-14-13-15-25-47-46)55(49,52-44-28-36(11)18-22-40(44)32(5)6)53-45-29-37(12)19-23-41(45)33(7)8/h30-45,47H,13-29H2,1-12H3. The van der Waals surface area contributed by atoms with E-state index in [0.717, 1.165) is 96.3 Å². The third kappa shape index (κ3) is 10.8. The van der Waals surface area contributed by atoms with Gasteiger partial charge >= 0.3 is 15.2 Å². The minimum Gasteiger partial charge on any atom is -0.303 e. The predicted molar refractivity (Wildman–Crippen MR) is 229 cm³/mol. The first-order chi connectivity index (χ1) is 25.9. The summed E-state index contributed by atoms with van der Waals surface area (Å²) in [5.74, 6) is 4.28. The molecule has 0 spiro atoms. The lowest BCUT2D eigenvalue weighted by atomic mass is 9.75. The van der Waals surface area contributed by atoms with Crippen LogP contribution in [-0.4, -0.2) is 36.0 Å². The lowest BCUT2D eigenvalue weighted by molar-refractivity contribution is -0.0214. The molecule has 1 aliphatic heterocycles. The molecule has 5 rings (SSSR count). The second-order valence-electron chi connectivity index (χ2n) is 21.4. The van der Waals surface area contributed by atoms with Gasteiger partial charge in [0.25, 0.3) is 0 Å². The predicted octanol–water partition coefficient (Wildman–Crippen LogP) is 14.1. The molecule has 4 aliphatic carbocycles. The summed E-state index contributed by atoms with van der Waals surface area (Å²) in [5.41, 5.74) is 0. The Morgan fingerprint density at radius 3 is 1.02 bits per heavy atom. The first-order valence-electron chi connectivity index (χ1n) is 23.6. The van der Waals surface area contributed by atoms with Gasteiger partial charge in [-0.25, -0.2) is 0 Å². The van der Waals surface area contributed by atoms with Crippen molar-refractivity contribution in [2.45, 2.75) is 215 Å². The summed E-state index contributed by atoms with van der Waals surface area (Å²) in [4.78, 5) is 0. The zero-order valence-corrected chi connectivity index (χ0v) is 39.4. The molecular formula is C46H87NO6P2. The molecule has 9 heteroatoms. The summed E-state index contributed by atoms with van der Waals surface area (Å²) in [6.45, 7) is 28.1. The second kappa shape index (κ2) is 19.8. The van der Waals surface area contributed by atoms with Gasteiger partial charge in [-0.2, -0.15) is 0 Å². The number of hydrogen-bond donors (Lipinski definition) is 1. The van der Waals surface area contributed by atoms with Gasteiger partial charge < -0.3 is 18.1 Å². The molecule has 12 unspecified atom stereocenters. The molecule has 5 fully saturated rings. The van der Waals surface area contributed by atoms with Crippen molar-refractivity contribution < 1.29 is 27.2 Å². The Morgan fingerprint density at radius 2 is 0.745 bits per heavy atom. The minimum atomic E-state index is -4.30. The Balaban J connectivity index is 1.73. The zero-order valence-electron chi connectivity index (χ0n) is 37.6. The molecule has 12 atom stereocenters. The molecule has 0 aromatic carbocycles. The Kier molecular flexibility index (Phi) is 16.6. The first kappa shape index (κ1) is 46.3. The summed E-state index contributed by atoms with van der Waals surface area (Å²) in [7, 11) is -8.59. The summed E-state index contributed by atoms with van der Waals surface area (Å²) in [5, 5.41) is 2.24. The van der Waals surface area contributed by atoms with E-state index in [4.69, 9.17) is 18.1 Å². The topological polar surface area (TPSA) is 83.1 Å². The van der Waals surface area contributed by atoms with Gasteiger partial charge in [0.2, 0.25) is 5.02 Å². The Morgan fingerprint density at radius 1 is 0.455 bits per heavy atom. The van der Waals surface area contributed by atoms with Gasteiger partial charge in [-0.15, -0.1) is 0 Å². The largest absolute Gasteiger partial charge is 0.363 e. The maximum Gasteiger partial charge on any atom is 0.363 e. The van der Waals surface area contributed by atoms with Crippen LogP contribution in [0.2, 0.25) is 0 Å². The number of hydrogen-bond acceptors (Lipinski definition) is 7. The SMILES string of the molecule is CC1CCC(C(C)C)C(OP(=O)(OC2CC(C)CCC2C(C)C)C2(P(=O)(OC3CC(C)CCC3C(C)C)OC3CC(C)CCC3C(C)C)CCCCCN2)C1. The molecule has 322 valence electrons. The number of rotatable bonds is 14. The molecule has 4 saturated carbocycles. The molecule has 0 amide bonds.